The minimum atomic E-state index is -0.524. The fraction of sp³-hybridized carbons (Fsp3) is 0.529. The Labute approximate surface area is 130 Å². The third-order valence-corrected chi connectivity index (χ3v) is 3.98. The minimum Gasteiger partial charge on any atom is -0.491 e. The minimum absolute atomic E-state index is 0.252. The number of benzene rings is 1. The highest BCUT2D eigenvalue weighted by atomic mass is 16.7. The van der Waals surface area contributed by atoms with E-state index in [1.807, 2.05) is 12.1 Å². The van der Waals surface area contributed by atoms with Gasteiger partial charge in [-0.1, -0.05) is 12.2 Å². The van der Waals surface area contributed by atoms with Gasteiger partial charge in [-0.2, -0.15) is 0 Å². The van der Waals surface area contributed by atoms with Crippen LogP contribution < -0.4 is 19.5 Å². The highest BCUT2D eigenvalue weighted by Gasteiger charge is 2.15. The number of ether oxygens (including phenoxy) is 3. The van der Waals surface area contributed by atoms with E-state index in [0.717, 1.165) is 18.7 Å². The smallest absolute Gasteiger partial charge is 0.231 e. The normalized spacial score (nSPS) is 20.9. The van der Waals surface area contributed by atoms with Crippen molar-refractivity contribution in [2.45, 2.75) is 25.4 Å². The second-order valence-electron chi connectivity index (χ2n) is 5.79. The average Bonchev–Trinajstić information content (AvgIpc) is 3.01. The first kappa shape index (κ1) is 15.2. The Hall–Kier alpha value is -1.72. The van der Waals surface area contributed by atoms with Crippen molar-refractivity contribution in [3.63, 3.8) is 0 Å². The van der Waals surface area contributed by atoms with Crippen LogP contribution in [0.25, 0.3) is 0 Å². The van der Waals surface area contributed by atoms with Gasteiger partial charge in [0, 0.05) is 12.6 Å². The van der Waals surface area contributed by atoms with Crippen LogP contribution >= 0.6 is 0 Å². The Kier molecular flexibility index (Phi) is 5.19. The lowest BCUT2D eigenvalue weighted by Crippen LogP contribution is -2.34. The second-order valence-corrected chi connectivity index (χ2v) is 5.79. The van der Waals surface area contributed by atoms with Crippen LogP contribution in [0, 0.1) is 5.92 Å². The summed E-state index contributed by atoms with van der Waals surface area (Å²) in [5.41, 5.74) is 0. The number of aliphatic hydroxyl groups excluding tert-OH is 1. The third kappa shape index (κ3) is 4.15. The molecule has 22 heavy (non-hydrogen) atoms. The van der Waals surface area contributed by atoms with Crippen LogP contribution in [0.2, 0.25) is 0 Å². The van der Waals surface area contributed by atoms with Crippen LogP contribution in [0.15, 0.2) is 30.4 Å². The molecule has 3 rings (SSSR count). The highest BCUT2D eigenvalue weighted by Crippen LogP contribution is 2.35. The summed E-state index contributed by atoms with van der Waals surface area (Å²) in [6.45, 7) is 2.01. The van der Waals surface area contributed by atoms with Crippen molar-refractivity contribution in [2.24, 2.45) is 5.92 Å². The molecule has 1 aromatic rings. The van der Waals surface area contributed by atoms with Gasteiger partial charge >= 0.3 is 0 Å². The molecular weight excluding hydrogens is 282 g/mol. The fourth-order valence-corrected chi connectivity index (χ4v) is 2.71. The van der Waals surface area contributed by atoms with Crippen molar-refractivity contribution in [3.8, 4) is 17.2 Å². The van der Waals surface area contributed by atoms with Gasteiger partial charge in [0.15, 0.2) is 11.5 Å². The topological polar surface area (TPSA) is 60.0 Å². The second kappa shape index (κ2) is 7.51. The van der Waals surface area contributed by atoms with E-state index < -0.39 is 6.10 Å². The number of hydrogen-bond acceptors (Lipinski definition) is 5. The SMILES string of the molecule is OC(CNCC1CC=CCC1)COc1ccc2c(c1)OCO2. The van der Waals surface area contributed by atoms with Crippen LogP contribution in [0.4, 0.5) is 0 Å². The van der Waals surface area contributed by atoms with Crippen LogP contribution in [0.5, 0.6) is 17.2 Å². The molecule has 0 amide bonds. The first-order chi connectivity index (χ1) is 10.8. The Balaban J connectivity index is 1.35. The molecule has 0 aromatic heterocycles. The van der Waals surface area contributed by atoms with Crippen LogP contribution in [0.1, 0.15) is 19.3 Å². The zero-order chi connectivity index (χ0) is 15.2. The molecule has 2 N–H and O–H groups in total. The Morgan fingerprint density at radius 1 is 1.27 bits per heavy atom. The number of allylic oxidation sites excluding steroid dienone is 2. The summed E-state index contributed by atoms with van der Waals surface area (Å²) >= 11 is 0. The zero-order valence-electron chi connectivity index (χ0n) is 12.7. The van der Waals surface area contributed by atoms with E-state index in [2.05, 4.69) is 17.5 Å². The quantitative estimate of drug-likeness (QED) is 0.756. The van der Waals surface area contributed by atoms with Crippen molar-refractivity contribution in [1.82, 2.24) is 5.32 Å². The Morgan fingerprint density at radius 3 is 3.05 bits per heavy atom. The molecule has 120 valence electrons. The number of nitrogens with one attached hydrogen (secondary N) is 1. The van der Waals surface area contributed by atoms with Crippen molar-refractivity contribution in [3.05, 3.63) is 30.4 Å². The Morgan fingerprint density at radius 2 is 2.18 bits per heavy atom. The molecule has 0 radical (unpaired) electrons. The summed E-state index contributed by atoms with van der Waals surface area (Å²) < 4.78 is 16.1. The lowest BCUT2D eigenvalue weighted by Gasteiger charge is -2.19. The van der Waals surface area contributed by atoms with Gasteiger partial charge in [0.05, 0.1) is 0 Å². The van der Waals surface area contributed by atoms with E-state index in [9.17, 15) is 5.11 Å². The van der Waals surface area contributed by atoms with Crippen LogP contribution in [0.3, 0.4) is 0 Å². The number of fused-ring (bicyclic) bond motifs is 1. The van der Waals surface area contributed by atoms with Crippen molar-refractivity contribution in [2.75, 3.05) is 26.5 Å². The van der Waals surface area contributed by atoms with E-state index >= 15 is 0 Å². The van der Waals surface area contributed by atoms with Gasteiger partial charge in [0.25, 0.3) is 0 Å². The van der Waals surface area contributed by atoms with E-state index in [0.29, 0.717) is 24.0 Å². The van der Waals surface area contributed by atoms with Crippen molar-refractivity contribution >= 4 is 0 Å². The van der Waals surface area contributed by atoms with Gasteiger partial charge in [-0.15, -0.1) is 0 Å². The summed E-state index contributed by atoms with van der Waals surface area (Å²) in [6.07, 6.45) is 7.50. The lowest BCUT2D eigenvalue weighted by molar-refractivity contribution is 0.105. The first-order valence-corrected chi connectivity index (χ1v) is 7.87. The summed E-state index contributed by atoms with van der Waals surface area (Å²) in [7, 11) is 0. The molecule has 0 bridgehead atoms. The summed E-state index contributed by atoms with van der Waals surface area (Å²) in [6, 6.07) is 5.43. The molecule has 0 saturated carbocycles. The predicted molar refractivity (Wildman–Crippen MR) is 83.4 cm³/mol. The molecule has 0 fully saturated rings. The van der Waals surface area contributed by atoms with Gasteiger partial charge in [0.1, 0.15) is 18.5 Å². The van der Waals surface area contributed by atoms with Gasteiger partial charge in [-0.3, -0.25) is 0 Å². The fourth-order valence-electron chi connectivity index (χ4n) is 2.71. The van der Waals surface area contributed by atoms with E-state index in [1.54, 1.807) is 6.07 Å². The first-order valence-electron chi connectivity index (χ1n) is 7.87. The summed E-state index contributed by atoms with van der Waals surface area (Å²) in [5, 5.41) is 13.3. The Bertz CT molecular complexity index is 517. The van der Waals surface area contributed by atoms with Gasteiger partial charge in [-0.25, -0.2) is 0 Å². The standard InChI is InChI=1S/C17H23NO4/c19-14(10-18-9-13-4-2-1-3-5-13)11-20-15-6-7-16-17(8-15)22-12-21-16/h1-2,6-8,13-14,18-19H,3-5,9-12H2. The molecule has 5 heteroatoms. The van der Waals surface area contributed by atoms with Crippen molar-refractivity contribution < 1.29 is 19.3 Å². The maximum Gasteiger partial charge on any atom is 0.231 e. The molecule has 1 aromatic carbocycles. The van der Waals surface area contributed by atoms with Crippen LogP contribution in [-0.4, -0.2) is 37.7 Å². The third-order valence-electron chi connectivity index (χ3n) is 3.98. The van der Waals surface area contributed by atoms with E-state index in [-0.39, 0.29) is 13.4 Å². The van der Waals surface area contributed by atoms with Gasteiger partial charge in [-0.05, 0) is 43.9 Å². The number of aliphatic hydroxyl groups is 1. The summed E-state index contributed by atoms with van der Waals surface area (Å²) in [5.74, 6) is 2.79. The maximum atomic E-state index is 9.98. The largest absolute Gasteiger partial charge is 0.491 e. The molecule has 5 nitrogen and oxygen atoms in total. The summed E-state index contributed by atoms with van der Waals surface area (Å²) in [4.78, 5) is 0. The predicted octanol–water partition coefficient (Wildman–Crippen LogP) is 2.10. The average molecular weight is 305 g/mol. The van der Waals surface area contributed by atoms with E-state index in [1.165, 1.54) is 12.8 Å². The monoisotopic (exact) mass is 305 g/mol. The van der Waals surface area contributed by atoms with E-state index in [4.69, 9.17) is 14.2 Å². The van der Waals surface area contributed by atoms with Gasteiger partial charge in [0.2, 0.25) is 6.79 Å². The van der Waals surface area contributed by atoms with Crippen LogP contribution in [-0.2, 0) is 0 Å². The molecule has 0 spiro atoms. The van der Waals surface area contributed by atoms with Gasteiger partial charge < -0.3 is 24.6 Å². The number of hydrogen-bond donors (Lipinski definition) is 2. The highest BCUT2D eigenvalue weighted by molar-refractivity contribution is 5.46. The maximum absolute atomic E-state index is 9.98. The zero-order valence-corrected chi connectivity index (χ0v) is 12.7. The molecule has 2 atom stereocenters. The molecule has 0 saturated heterocycles. The lowest BCUT2D eigenvalue weighted by atomic mass is 9.94. The molecule has 2 unspecified atom stereocenters. The molecule has 1 aliphatic carbocycles. The molecule has 1 aliphatic heterocycles. The molecule has 2 aliphatic rings. The number of rotatable bonds is 7. The molecule has 1 heterocycles. The van der Waals surface area contributed by atoms with Crippen molar-refractivity contribution in [1.29, 1.82) is 0 Å². The molecular formula is C17H23NO4.